The van der Waals surface area contributed by atoms with Crippen LogP contribution >= 0.6 is 0 Å². The number of carboxylic acids is 1. The number of carbonyl (C=O) groups is 2. The molecule has 0 saturated carbocycles. The van der Waals surface area contributed by atoms with Crippen molar-refractivity contribution in [3.05, 3.63) is 24.0 Å². The lowest BCUT2D eigenvalue weighted by molar-refractivity contribution is -0.137. The van der Waals surface area contributed by atoms with Crippen LogP contribution in [0.5, 0.6) is 0 Å². The number of hydrogen-bond acceptors (Lipinski definition) is 2. The minimum atomic E-state index is -0.729. The van der Waals surface area contributed by atoms with Crippen molar-refractivity contribution in [3.8, 4) is 0 Å². The summed E-state index contributed by atoms with van der Waals surface area (Å²) in [5, 5.41) is 11.3. The molecule has 0 radical (unpaired) electrons. The molecular weight excluding hydrogens is 232 g/mol. The van der Waals surface area contributed by atoms with Crippen LogP contribution in [0.25, 0.3) is 0 Å². The summed E-state index contributed by atoms with van der Waals surface area (Å²) in [6.45, 7) is 0.663. The third-order valence-corrected chi connectivity index (χ3v) is 2.70. The van der Waals surface area contributed by atoms with Crippen LogP contribution in [0, 0.1) is 0 Å². The summed E-state index contributed by atoms with van der Waals surface area (Å²) in [5.41, 5.74) is 0.580. The summed E-state index contributed by atoms with van der Waals surface area (Å²) in [6.07, 6.45) is 6.62. The van der Waals surface area contributed by atoms with Gasteiger partial charge in [0.15, 0.2) is 0 Å². The third-order valence-electron chi connectivity index (χ3n) is 2.70. The van der Waals surface area contributed by atoms with Crippen molar-refractivity contribution in [2.75, 3.05) is 6.54 Å². The van der Waals surface area contributed by atoms with Crippen LogP contribution in [0.15, 0.2) is 18.3 Å². The number of aromatic nitrogens is 1. The number of unbranched alkanes of at least 4 members (excludes halogenated alkanes) is 4. The summed E-state index contributed by atoms with van der Waals surface area (Å²) >= 11 is 0. The van der Waals surface area contributed by atoms with Crippen LogP contribution in [0.1, 0.15) is 49.0 Å². The average Bonchev–Trinajstić information content (AvgIpc) is 2.85. The summed E-state index contributed by atoms with van der Waals surface area (Å²) in [5.74, 6) is -0.806. The minimum Gasteiger partial charge on any atom is -0.481 e. The molecule has 0 saturated heterocycles. The molecule has 18 heavy (non-hydrogen) atoms. The van der Waals surface area contributed by atoms with Gasteiger partial charge >= 0.3 is 5.97 Å². The predicted octanol–water partition coefficient (Wildman–Crippen LogP) is 2.17. The van der Waals surface area contributed by atoms with Gasteiger partial charge < -0.3 is 15.4 Å². The molecule has 0 aliphatic carbocycles. The van der Waals surface area contributed by atoms with E-state index in [1.54, 1.807) is 18.3 Å². The Bertz CT molecular complexity index is 360. The van der Waals surface area contributed by atoms with Crippen LogP contribution in [0.4, 0.5) is 0 Å². The average molecular weight is 252 g/mol. The summed E-state index contributed by atoms with van der Waals surface area (Å²) < 4.78 is 0. The van der Waals surface area contributed by atoms with Crippen LogP contribution < -0.4 is 5.32 Å². The molecule has 0 bridgehead atoms. The standard InChI is InChI=1S/C13H20N2O3/c16-12(17)8-4-2-1-3-5-9-15-13(18)11-7-6-10-14-11/h6-7,10,14H,1-5,8-9H2,(H,15,18)(H,16,17). The van der Waals surface area contributed by atoms with Gasteiger partial charge in [0, 0.05) is 19.2 Å². The third kappa shape index (κ3) is 6.08. The van der Waals surface area contributed by atoms with Gasteiger partial charge in [0.1, 0.15) is 5.69 Å². The van der Waals surface area contributed by atoms with Crippen molar-refractivity contribution in [1.82, 2.24) is 10.3 Å². The first kappa shape index (κ1) is 14.3. The molecule has 5 heteroatoms. The Kier molecular flexibility index (Phi) is 6.61. The highest BCUT2D eigenvalue weighted by molar-refractivity contribution is 5.92. The van der Waals surface area contributed by atoms with Crippen molar-refractivity contribution in [1.29, 1.82) is 0 Å². The molecule has 0 aliphatic heterocycles. The molecule has 0 aromatic carbocycles. The van der Waals surface area contributed by atoms with E-state index in [0.29, 0.717) is 12.2 Å². The maximum Gasteiger partial charge on any atom is 0.303 e. The maximum absolute atomic E-state index is 11.5. The number of hydrogen-bond donors (Lipinski definition) is 3. The van der Waals surface area contributed by atoms with Gasteiger partial charge in [-0.05, 0) is 25.0 Å². The highest BCUT2D eigenvalue weighted by Gasteiger charge is 2.03. The molecule has 5 nitrogen and oxygen atoms in total. The zero-order chi connectivity index (χ0) is 13.2. The van der Waals surface area contributed by atoms with Crippen LogP contribution in [-0.4, -0.2) is 28.5 Å². The highest BCUT2D eigenvalue weighted by atomic mass is 16.4. The zero-order valence-electron chi connectivity index (χ0n) is 10.4. The molecule has 1 heterocycles. The molecule has 1 amide bonds. The van der Waals surface area contributed by atoms with Gasteiger partial charge in [0.25, 0.3) is 5.91 Å². The van der Waals surface area contributed by atoms with Crippen LogP contribution in [-0.2, 0) is 4.79 Å². The van der Waals surface area contributed by atoms with E-state index in [9.17, 15) is 9.59 Å². The number of carboxylic acid groups (broad SMARTS) is 1. The molecule has 3 N–H and O–H groups in total. The van der Waals surface area contributed by atoms with Gasteiger partial charge in [-0.3, -0.25) is 9.59 Å². The van der Waals surface area contributed by atoms with Gasteiger partial charge in [-0.15, -0.1) is 0 Å². The van der Waals surface area contributed by atoms with E-state index in [0.717, 1.165) is 32.1 Å². The second kappa shape index (κ2) is 8.33. The Morgan fingerprint density at radius 2 is 1.89 bits per heavy atom. The lowest BCUT2D eigenvalue weighted by Gasteiger charge is -2.03. The maximum atomic E-state index is 11.5. The van der Waals surface area contributed by atoms with Gasteiger partial charge in [0.05, 0.1) is 0 Å². The topological polar surface area (TPSA) is 82.2 Å². The van der Waals surface area contributed by atoms with Gasteiger partial charge in [-0.2, -0.15) is 0 Å². The fourth-order valence-electron chi connectivity index (χ4n) is 1.70. The summed E-state index contributed by atoms with van der Waals surface area (Å²) in [7, 11) is 0. The Balaban J connectivity index is 1.93. The predicted molar refractivity (Wildman–Crippen MR) is 68.5 cm³/mol. The van der Waals surface area contributed by atoms with Gasteiger partial charge in [-0.1, -0.05) is 19.3 Å². The van der Waals surface area contributed by atoms with Crippen molar-refractivity contribution < 1.29 is 14.7 Å². The molecule has 1 rings (SSSR count). The van der Waals surface area contributed by atoms with E-state index in [4.69, 9.17) is 5.11 Å². The highest BCUT2D eigenvalue weighted by Crippen LogP contribution is 2.05. The summed E-state index contributed by atoms with van der Waals surface area (Å²) in [4.78, 5) is 24.6. The molecule has 0 unspecified atom stereocenters. The molecule has 1 aromatic heterocycles. The number of aliphatic carboxylic acids is 1. The molecule has 100 valence electrons. The Labute approximate surface area is 107 Å². The van der Waals surface area contributed by atoms with Crippen molar-refractivity contribution in [2.24, 2.45) is 0 Å². The fourth-order valence-corrected chi connectivity index (χ4v) is 1.70. The van der Waals surface area contributed by atoms with E-state index in [2.05, 4.69) is 10.3 Å². The second-order valence-corrected chi connectivity index (χ2v) is 4.25. The second-order valence-electron chi connectivity index (χ2n) is 4.25. The SMILES string of the molecule is O=C(O)CCCCCCCNC(=O)c1ccc[nH]1. The lowest BCUT2D eigenvalue weighted by Crippen LogP contribution is -2.24. The number of H-pyrrole nitrogens is 1. The molecule has 0 fully saturated rings. The number of aromatic amines is 1. The Morgan fingerprint density at radius 3 is 2.56 bits per heavy atom. The minimum absolute atomic E-state index is 0.0779. The van der Waals surface area contributed by atoms with Crippen LogP contribution in [0.2, 0.25) is 0 Å². The first-order valence-electron chi connectivity index (χ1n) is 6.33. The fraction of sp³-hybridized carbons (Fsp3) is 0.538. The first-order valence-corrected chi connectivity index (χ1v) is 6.33. The largest absolute Gasteiger partial charge is 0.481 e. The van der Waals surface area contributed by atoms with Crippen molar-refractivity contribution in [2.45, 2.75) is 38.5 Å². The normalized spacial score (nSPS) is 10.2. The smallest absolute Gasteiger partial charge is 0.303 e. The Hall–Kier alpha value is -1.78. The number of nitrogens with one attached hydrogen (secondary N) is 2. The number of amides is 1. The molecule has 1 aromatic rings. The molecule has 0 atom stereocenters. The molecule has 0 aliphatic rings. The monoisotopic (exact) mass is 252 g/mol. The van der Waals surface area contributed by atoms with E-state index in [-0.39, 0.29) is 12.3 Å². The van der Waals surface area contributed by atoms with E-state index in [1.807, 2.05) is 0 Å². The van der Waals surface area contributed by atoms with E-state index < -0.39 is 5.97 Å². The number of rotatable bonds is 9. The van der Waals surface area contributed by atoms with Crippen LogP contribution in [0.3, 0.4) is 0 Å². The summed E-state index contributed by atoms with van der Waals surface area (Å²) in [6, 6.07) is 3.53. The first-order chi connectivity index (χ1) is 8.70. The van der Waals surface area contributed by atoms with Crippen molar-refractivity contribution in [3.63, 3.8) is 0 Å². The molecule has 0 spiro atoms. The van der Waals surface area contributed by atoms with Gasteiger partial charge in [-0.25, -0.2) is 0 Å². The lowest BCUT2D eigenvalue weighted by atomic mass is 10.1. The molecular formula is C13H20N2O3. The Morgan fingerprint density at radius 1 is 1.17 bits per heavy atom. The number of carbonyl (C=O) groups excluding carboxylic acids is 1. The quantitative estimate of drug-likeness (QED) is 0.589. The van der Waals surface area contributed by atoms with E-state index in [1.165, 1.54) is 0 Å². The van der Waals surface area contributed by atoms with E-state index >= 15 is 0 Å². The van der Waals surface area contributed by atoms with Crippen molar-refractivity contribution >= 4 is 11.9 Å². The van der Waals surface area contributed by atoms with Gasteiger partial charge in [0.2, 0.25) is 0 Å². The zero-order valence-corrected chi connectivity index (χ0v) is 10.4.